The number of hydrogen-bond donors (Lipinski definition) is 1. The monoisotopic (exact) mass is 214 g/mol. The van der Waals surface area contributed by atoms with Crippen molar-refractivity contribution in [3.05, 3.63) is 0 Å². The molecule has 0 spiro atoms. The molecule has 1 saturated carbocycles. The number of carbonyl (C=O) groups is 1. The highest BCUT2D eigenvalue weighted by atomic mass is 16.5. The molecule has 2 N–H and O–H groups in total. The van der Waals surface area contributed by atoms with Crippen LogP contribution >= 0.6 is 0 Å². The zero-order valence-corrected chi connectivity index (χ0v) is 9.74. The first-order valence-electron chi connectivity index (χ1n) is 5.67. The standard InChI is InChI=1S/C11H22N2O2/c1-13(8-9-5-3-4-6-9)11(14)10(7-12)15-2/h9-10H,3-8,12H2,1-2H3. The van der Waals surface area contributed by atoms with Crippen LogP contribution < -0.4 is 5.73 Å². The average Bonchev–Trinajstić information content (AvgIpc) is 2.72. The van der Waals surface area contributed by atoms with Gasteiger partial charge in [-0.25, -0.2) is 0 Å². The van der Waals surface area contributed by atoms with Gasteiger partial charge >= 0.3 is 0 Å². The summed E-state index contributed by atoms with van der Waals surface area (Å²) in [5, 5.41) is 0. The van der Waals surface area contributed by atoms with E-state index >= 15 is 0 Å². The maximum absolute atomic E-state index is 11.8. The van der Waals surface area contributed by atoms with E-state index in [0.29, 0.717) is 5.92 Å². The summed E-state index contributed by atoms with van der Waals surface area (Å²) >= 11 is 0. The minimum Gasteiger partial charge on any atom is -0.370 e. The Balaban J connectivity index is 2.37. The van der Waals surface area contributed by atoms with Crippen LogP contribution in [0, 0.1) is 5.92 Å². The molecule has 0 aromatic carbocycles. The Labute approximate surface area is 91.8 Å². The molecule has 0 radical (unpaired) electrons. The summed E-state index contributed by atoms with van der Waals surface area (Å²) in [5.41, 5.74) is 5.46. The van der Waals surface area contributed by atoms with Gasteiger partial charge in [0.05, 0.1) is 0 Å². The van der Waals surface area contributed by atoms with Crippen molar-refractivity contribution in [1.29, 1.82) is 0 Å². The molecule has 4 nitrogen and oxygen atoms in total. The van der Waals surface area contributed by atoms with Crippen molar-refractivity contribution < 1.29 is 9.53 Å². The molecule has 1 atom stereocenters. The number of carbonyl (C=O) groups excluding carboxylic acids is 1. The topological polar surface area (TPSA) is 55.6 Å². The zero-order chi connectivity index (χ0) is 11.3. The Hall–Kier alpha value is -0.610. The molecule has 0 aromatic heterocycles. The molecule has 1 amide bonds. The third kappa shape index (κ3) is 3.47. The maximum Gasteiger partial charge on any atom is 0.252 e. The van der Waals surface area contributed by atoms with E-state index in [0.717, 1.165) is 6.54 Å². The van der Waals surface area contributed by atoms with Crippen molar-refractivity contribution in [3.63, 3.8) is 0 Å². The van der Waals surface area contributed by atoms with Crippen LogP contribution in [0.2, 0.25) is 0 Å². The quantitative estimate of drug-likeness (QED) is 0.729. The molecule has 1 rings (SSSR count). The molecule has 0 heterocycles. The van der Waals surface area contributed by atoms with E-state index in [2.05, 4.69) is 0 Å². The van der Waals surface area contributed by atoms with Gasteiger partial charge in [0.1, 0.15) is 6.10 Å². The first-order valence-corrected chi connectivity index (χ1v) is 5.67. The van der Waals surface area contributed by atoms with E-state index in [1.807, 2.05) is 7.05 Å². The highest BCUT2D eigenvalue weighted by Crippen LogP contribution is 2.25. The molecule has 1 unspecified atom stereocenters. The number of nitrogens with zero attached hydrogens (tertiary/aromatic N) is 1. The van der Waals surface area contributed by atoms with Gasteiger partial charge in [0, 0.05) is 27.2 Å². The molecule has 1 fully saturated rings. The fourth-order valence-electron chi connectivity index (χ4n) is 2.21. The molecular formula is C11H22N2O2. The van der Waals surface area contributed by atoms with Crippen molar-refractivity contribution in [1.82, 2.24) is 4.90 Å². The molecule has 4 heteroatoms. The molecule has 0 saturated heterocycles. The Kier molecular flexibility index (Phi) is 5.05. The smallest absolute Gasteiger partial charge is 0.252 e. The van der Waals surface area contributed by atoms with E-state index in [1.54, 1.807) is 4.90 Å². The van der Waals surface area contributed by atoms with Crippen molar-refractivity contribution >= 4 is 5.91 Å². The summed E-state index contributed by atoms with van der Waals surface area (Å²) in [6.45, 7) is 1.10. The van der Waals surface area contributed by atoms with Crippen LogP contribution in [0.5, 0.6) is 0 Å². The summed E-state index contributed by atoms with van der Waals surface area (Å²) in [5.74, 6) is 0.682. The number of hydrogen-bond acceptors (Lipinski definition) is 3. The van der Waals surface area contributed by atoms with E-state index in [-0.39, 0.29) is 12.5 Å². The molecule has 0 aromatic rings. The lowest BCUT2D eigenvalue weighted by molar-refractivity contribution is -0.140. The molecule has 0 bridgehead atoms. The highest BCUT2D eigenvalue weighted by molar-refractivity contribution is 5.80. The highest BCUT2D eigenvalue weighted by Gasteiger charge is 2.23. The molecular weight excluding hydrogens is 192 g/mol. The van der Waals surface area contributed by atoms with Crippen molar-refractivity contribution in [2.45, 2.75) is 31.8 Å². The van der Waals surface area contributed by atoms with E-state index < -0.39 is 6.10 Å². The van der Waals surface area contributed by atoms with Gasteiger partial charge in [-0.2, -0.15) is 0 Å². The Morgan fingerprint density at radius 3 is 2.60 bits per heavy atom. The van der Waals surface area contributed by atoms with Crippen LogP contribution in [0.15, 0.2) is 0 Å². The Bertz CT molecular complexity index is 199. The minimum atomic E-state index is -0.476. The van der Waals surface area contributed by atoms with E-state index in [1.165, 1.54) is 32.8 Å². The maximum atomic E-state index is 11.8. The van der Waals surface area contributed by atoms with Gasteiger partial charge in [-0.05, 0) is 18.8 Å². The number of nitrogens with two attached hydrogens (primary N) is 1. The molecule has 88 valence electrons. The van der Waals surface area contributed by atoms with Crippen LogP contribution in [0.25, 0.3) is 0 Å². The van der Waals surface area contributed by atoms with Gasteiger partial charge in [-0.1, -0.05) is 12.8 Å². The van der Waals surface area contributed by atoms with Gasteiger partial charge < -0.3 is 15.4 Å². The second-order valence-corrected chi connectivity index (χ2v) is 4.33. The molecule has 0 aliphatic heterocycles. The number of methoxy groups -OCH3 is 1. The summed E-state index contributed by atoms with van der Waals surface area (Å²) in [6, 6.07) is 0. The summed E-state index contributed by atoms with van der Waals surface area (Å²) in [4.78, 5) is 13.6. The summed E-state index contributed by atoms with van der Waals surface area (Å²) < 4.78 is 5.03. The van der Waals surface area contributed by atoms with Gasteiger partial charge in [-0.15, -0.1) is 0 Å². The number of ether oxygens (including phenoxy) is 1. The first kappa shape index (κ1) is 12.5. The number of likely N-dealkylation sites (N-methyl/N-ethyl adjacent to an activating group) is 1. The summed E-state index contributed by atoms with van der Waals surface area (Å²) in [6.07, 6.45) is 4.63. The third-order valence-corrected chi connectivity index (χ3v) is 3.16. The van der Waals surface area contributed by atoms with E-state index in [4.69, 9.17) is 10.5 Å². The normalized spacial score (nSPS) is 19.1. The lowest BCUT2D eigenvalue weighted by atomic mass is 10.1. The predicted octanol–water partition coefficient (Wildman–Crippen LogP) is 0.609. The lowest BCUT2D eigenvalue weighted by Gasteiger charge is -2.24. The van der Waals surface area contributed by atoms with Crippen molar-refractivity contribution in [3.8, 4) is 0 Å². The Morgan fingerprint density at radius 2 is 2.13 bits per heavy atom. The molecule has 1 aliphatic rings. The molecule has 1 aliphatic carbocycles. The van der Waals surface area contributed by atoms with Gasteiger partial charge in [0.15, 0.2) is 0 Å². The minimum absolute atomic E-state index is 0.00639. The number of rotatable bonds is 5. The first-order chi connectivity index (χ1) is 7.19. The zero-order valence-electron chi connectivity index (χ0n) is 9.74. The van der Waals surface area contributed by atoms with Gasteiger partial charge in [0.2, 0.25) is 0 Å². The summed E-state index contributed by atoms with van der Waals surface area (Å²) in [7, 11) is 3.36. The Morgan fingerprint density at radius 1 is 1.53 bits per heavy atom. The SMILES string of the molecule is COC(CN)C(=O)N(C)CC1CCCC1. The van der Waals surface area contributed by atoms with Crippen molar-refractivity contribution in [2.24, 2.45) is 11.7 Å². The second-order valence-electron chi connectivity index (χ2n) is 4.33. The molecule has 15 heavy (non-hydrogen) atoms. The second kappa shape index (κ2) is 6.08. The fraction of sp³-hybridized carbons (Fsp3) is 0.909. The van der Waals surface area contributed by atoms with Crippen LogP contribution in [-0.4, -0.2) is 44.2 Å². The van der Waals surface area contributed by atoms with Crippen molar-refractivity contribution in [2.75, 3.05) is 27.2 Å². The van der Waals surface area contributed by atoms with Crippen LogP contribution in [-0.2, 0) is 9.53 Å². The average molecular weight is 214 g/mol. The fourth-order valence-corrected chi connectivity index (χ4v) is 2.21. The number of amides is 1. The van der Waals surface area contributed by atoms with Gasteiger partial charge in [-0.3, -0.25) is 4.79 Å². The van der Waals surface area contributed by atoms with E-state index in [9.17, 15) is 4.79 Å². The van der Waals surface area contributed by atoms with Crippen LogP contribution in [0.3, 0.4) is 0 Å². The van der Waals surface area contributed by atoms with Gasteiger partial charge in [0.25, 0.3) is 5.91 Å². The lowest BCUT2D eigenvalue weighted by Crippen LogP contribution is -2.43. The third-order valence-electron chi connectivity index (χ3n) is 3.16. The predicted molar refractivity (Wildman–Crippen MR) is 59.4 cm³/mol. The largest absolute Gasteiger partial charge is 0.370 e. The van der Waals surface area contributed by atoms with Crippen LogP contribution in [0.1, 0.15) is 25.7 Å². The van der Waals surface area contributed by atoms with Crippen LogP contribution in [0.4, 0.5) is 0 Å².